The van der Waals surface area contributed by atoms with Crippen LogP contribution in [0.5, 0.6) is 0 Å². The largest absolute Gasteiger partial charge is 0.460 e. The number of imidazole rings is 1. The summed E-state index contributed by atoms with van der Waals surface area (Å²) in [6.45, 7) is 8.81. The van der Waals surface area contributed by atoms with Gasteiger partial charge in [-0.25, -0.2) is 9.78 Å². The molecule has 0 spiro atoms. The molecule has 3 aromatic rings. The first-order valence-corrected chi connectivity index (χ1v) is 12.3. The molecule has 1 amide bonds. The minimum Gasteiger partial charge on any atom is -0.460 e. The van der Waals surface area contributed by atoms with E-state index in [1.165, 1.54) is 6.92 Å². The van der Waals surface area contributed by atoms with Crippen molar-refractivity contribution in [2.24, 2.45) is 5.92 Å². The topological polar surface area (TPSA) is 120 Å². The Morgan fingerprint density at radius 2 is 1.94 bits per heavy atom. The summed E-state index contributed by atoms with van der Waals surface area (Å²) in [7, 11) is 0. The molecule has 1 aliphatic carbocycles. The van der Waals surface area contributed by atoms with Gasteiger partial charge in [0.1, 0.15) is 16.9 Å². The van der Waals surface area contributed by atoms with Gasteiger partial charge >= 0.3 is 12.1 Å². The molecule has 4 rings (SSSR count). The lowest BCUT2D eigenvalue weighted by Crippen LogP contribution is -2.52. The number of ether oxygens (including phenoxy) is 2. The number of hydrogen-bond acceptors (Lipinski definition) is 8. The van der Waals surface area contributed by atoms with Crippen molar-refractivity contribution in [2.75, 3.05) is 5.32 Å². The molecule has 4 atom stereocenters. The molecule has 1 aliphatic rings. The van der Waals surface area contributed by atoms with Gasteiger partial charge in [0.05, 0.1) is 29.6 Å². The number of fused-ring (bicyclic) bond motifs is 1. The number of esters is 1. The highest BCUT2D eigenvalue weighted by Gasteiger charge is 2.40. The molecule has 0 bridgehead atoms. The van der Waals surface area contributed by atoms with E-state index in [0.29, 0.717) is 17.5 Å². The number of nitrogens with one attached hydrogen (secondary N) is 2. The van der Waals surface area contributed by atoms with Crippen LogP contribution in [-0.4, -0.2) is 49.4 Å². The number of amides is 1. The first-order chi connectivity index (χ1) is 17.0. The Balaban J connectivity index is 1.61. The molecule has 3 aromatic heterocycles. The average molecular weight is 515 g/mol. The van der Waals surface area contributed by atoms with Gasteiger partial charge in [0, 0.05) is 13.1 Å². The minimum atomic E-state index is -0.646. The third kappa shape index (κ3) is 6.04. The summed E-state index contributed by atoms with van der Waals surface area (Å²) in [4.78, 5) is 33.2. The molecule has 0 saturated heterocycles. The third-order valence-corrected chi connectivity index (χ3v) is 6.25. The van der Waals surface area contributed by atoms with E-state index in [4.69, 9.17) is 21.1 Å². The average Bonchev–Trinajstić information content (AvgIpc) is 3.16. The number of carbonyl (C=O) groups excluding carboxylic acids is 2. The lowest BCUT2D eigenvalue weighted by Gasteiger charge is -2.40. The van der Waals surface area contributed by atoms with E-state index in [2.05, 4.69) is 25.7 Å². The first kappa shape index (κ1) is 25.7. The number of aromatic nitrogens is 4. The molecule has 2 N–H and O–H groups in total. The summed E-state index contributed by atoms with van der Waals surface area (Å²) in [5.74, 6) is 0.151. The Hall–Kier alpha value is -3.40. The van der Waals surface area contributed by atoms with Crippen LogP contribution in [-0.2, 0) is 14.3 Å². The number of alkyl carbamates (subject to hydrolysis) is 1. The first-order valence-electron chi connectivity index (χ1n) is 11.9. The Morgan fingerprint density at radius 3 is 2.67 bits per heavy atom. The summed E-state index contributed by atoms with van der Waals surface area (Å²) in [6, 6.07) is 5.07. The van der Waals surface area contributed by atoms with Crippen molar-refractivity contribution in [3.8, 4) is 0 Å². The molecule has 1 fully saturated rings. The van der Waals surface area contributed by atoms with Crippen molar-refractivity contribution in [3.63, 3.8) is 0 Å². The lowest BCUT2D eigenvalue weighted by molar-refractivity contribution is -0.152. The van der Waals surface area contributed by atoms with E-state index in [9.17, 15) is 9.59 Å². The predicted molar refractivity (Wildman–Crippen MR) is 135 cm³/mol. The van der Waals surface area contributed by atoms with Gasteiger partial charge in [-0.15, -0.1) is 0 Å². The number of anilines is 2. The van der Waals surface area contributed by atoms with Crippen LogP contribution in [0.15, 0.2) is 36.8 Å². The van der Waals surface area contributed by atoms with E-state index >= 15 is 0 Å². The highest BCUT2D eigenvalue weighted by atomic mass is 35.5. The summed E-state index contributed by atoms with van der Waals surface area (Å²) in [5.41, 5.74) is 1.93. The fourth-order valence-corrected chi connectivity index (χ4v) is 4.83. The van der Waals surface area contributed by atoms with Gasteiger partial charge in [-0.3, -0.25) is 9.78 Å². The maximum absolute atomic E-state index is 12.6. The van der Waals surface area contributed by atoms with Gasteiger partial charge in [-0.05, 0) is 69.2 Å². The van der Waals surface area contributed by atoms with Gasteiger partial charge in [0.2, 0.25) is 5.95 Å². The number of pyridine rings is 1. The summed E-state index contributed by atoms with van der Waals surface area (Å²) >= 11 is 6.09. The summed E-state index contributed by atoms with van der Waals surface area (Å²) in [6.07, 6.45) is 5.46. The van der Waals surface area contributed by atoms with Gasteiger partial charge in [0.25, 0.3) is 0 Å². The van der Waals surface area contributed by atoms with Crippen LogP contribution in [0, 0.1) is 5.92 Å². The monoisotopic (exact) mass is 514 g/mol. The second-order valence-corrected chi connectivity index (χ2v) is 10.5. The van der Waals surface area contributed by atoms with Crippen molar-refractivity contribution in [3.05, 3.63) is 47.5 Å². The van der Waals surface area contributed by atoms with Crippen LogP contribution in [0.25, 0.3) is 5.52 Å². The SMILES string of the molecule is CC(=O)O[C@H]1[C@@H](NC(=O)OC(C)(C)C)C[C@H](c2ccncc2Nc2ncc3ccc(Cl)nn23)C[C@@H]1C. The van der Waals surface area contributed by atoms with E-state index in [0.717, 1.165) is 23.2 Å². The van der Waals surface area contributed by atoms with E-state index in [1.807, 2.05) is 19.1 Å². The van der Waals surface area contributed by atoms with Crippen molar-refractivity contribution in [1.29, 1.82) is 0 Å². The van der Waals surface area contributed by atoms with E-state index < -0.39 is 23.8 Å². The zero-order chi connectivity index (χ0) is 26.0. The molecule has 192 valence electrons. The second-order valence-electron chi connectivity index (χ2n) is 10.1. The minimum absolute atomic E-state index is 0.0127. The van der Waals surface area contributed by atoms with Crippen molar-refractivity contribution in [2.45, 2.75) is 71.1 Å². The predicted octanol–water partition coefficient (Wildman–Crippen LogP) is 4.86. The number of carbonyl (C=O) groups is 2. The molecule has 10 nitrogen and oxygen atoms in total. The molecule has 0 aliphatic heterocycles. The third-order valence-electron chi connectivity index (χ3n) is 6.05. The van der Waals surface area contributed by atoms with Crippen molar-refractivity contribution < 1.29 is 19.1 Å². The fraction of sp³-hybridized carbons (Fsp3) is 0.480. The quantitative estimate of drug-likeness (QED) is 0.463. The summed E-state index contributed by atoms with van der Waals surface area (Å²) in [5, 5.41) is 11.0. The molecular weight excluding hydrogens is 484 g/mol. The van der Waals surface area contributed by atoms with Crippen LogP contribution >= 0.6 is 11.6 Å². The second kappa shape index (κ2) is 10.3. The van der Waals surface area contributed by atoms with E-state index in [1.54, 1.807) is 49.9 Å². The standard InChI is InChI=1S/C25H31ClN6O4/c1-14-10-16(11-19(22(14)35-15(2)33)30-24(34)36-25(3,4)5)18-8-9-27-13-20(18)29-23-28-12-17-6-7-21(26)31-32(17)23/h6-9,12-14,16,19,22H,10-11H2,1-5H3,(H,28,29)(H,30,34)/t14-,16+,19-,22+/m0/s1. The Kier molecular flexibility index (Phi) is 7.35. The molecule has 0 aromatic carbocycles. The number of halogens is 1. The molecule has 36 heavy (non-hydrogen) atoms. The van der Waals surface area contributed by atoms with Gasteiger partial charge in [-0.1, -0.05) is 18.5 Å². The highest BCUT2D eigenvalue weighted by molar-refractivity contribution is 6.29. The van der Waals surface area contributed by atoms with Crippen molar-refractivity contribution in [1.82, 2.24) is 24.9 Å². The maximum Gasteiger partial charge on any atom is 0.408 e. The number of hydrogen-bond donors (Lipinski definition) is 2. The van der Waals surface area contributed by atoms with Gasteiger partial charge < -0.3 is 20.1 Å². The van der Waals surface area contributed by atoms with Crippen LogP contribution in [0.4, 0.5) is 16.4 Å². The van der Waals surface area contributed by atoms with Crippen LogP contribution in [0.2, 0.25) is 5.15 Å². The Morgan fingerprint density at radius 1 is 1.17 bits per heavy atom. The fourth-order valence-electron chi connectivity index (χ4n) is 4.69. The Labute approximate surface area is 214 Å². The lowest BCUT2D eigenvalue weighted by atomic mass is 9.74. The molecule has 0 unspecified atom stereocenters. The van der Waals surface area contributed by atoms with Gasteiger partial charge in [-0.2, -0.15) is 9.61 Å². The normalized spacial score (nSPS) is 22.2. The summed E-state index contributed by atoms with van der Waals surface area (Å²) < 4.78 is 12.7. The maximum atomic E-state index is 12.6. The van der Waals surface area contributed by atoms with Crippen LogP contribution in [0.1, 0.15) is 58.9 Å². The molecule has 3 heterocycles. The molecule has 1 saturated carbocycles. The van der Waals surface area contributed by atoms with E-state index in [-0.39, 0.29) is 17.8 Å². The molecule has 11 heteroatoms. The highest BCUT2D eigenvalue weighted by Crippen LogP contribution is 2.41. The molecular formula is C25H31ClN6O4. The number of rotatable bonds is 5. The zero-order valence-corrected chi connectivity index (χ0v) is 21.7. The van der Waals surface area contributed by atoms with Crippen LogP contribution in [0.3, 0.4) is 0 Å². The smallest absolute Gasteiger partial charge is 0.408 e. The zero-order valence-electron chi connectivity index (χ0n) is 21.0. The molecule has 0 radical (unpaired) electrons. The Bertz CT molecular complexity index is 1260. The van der Waals surface area contributed by atoms with Gasteiger partial charge in [0.15, 0.2) is 0 Å². The number of nitrogens with zero attached hydrogens (tertiary/aromatic N) is 4. The van der Waals surface area contributed by atoms with Crippen LogP contribution < -0.4 is 10.6 Å². The van der Waals surface area contributed by atoms with Crippen molar-refractivity contribution >= 4 is 40.8 Å².